The molecule has 0 radical (unpaired) electrons. The first-order chi connectivity index (χ1) is 10.2. The molecule has 0 amide bonds. The fourth-order valence-electron chi connectivity index (χ4n) is 3.20. The summed E-state index contributed by atoms with van der Waals surface area (Å²) >= 11 is 0. The number of fused-ring (bicyclic) bond motifs is 1. The van der Waals surface area contributed by atoms with Crippen molar-refractivity contribution in [1.82, 2.24) is 0 Å². The molecule has 1 aliphatic rings. The van der Waals surface area contributed by atoms with E-state index in [1.807, 2.05) is 12.1 Å². The Kier molecular flexibility index (Phi) is 3.84. The number of rotatable bonds is 4. The lowest BCUT2D eigenvalue weighted by atomic mass is 9.93. The molecule has 0 aromatic heterocycles. The second-order valence-corrected chi connectivity index (χ2v) is 5.59. The minimum atomic E-state index is 0.0556. The number of nitrogens with two attached hydrogens (primary N) is 1. The topological polar surface area (TPSA) is 44.5 Å². The number of hydrogen-bond acceptors (Lipinski definition) is 3. The molecule has 0 fully saturated rings. The largest absolute Gasteiger partial charge is 0.493 e. The molecule has 110 valence electrons. The van der Waals surface area contributed by atoms with E-state index in [-0.39, 0.29) is 6.04 Å². The maximum atomic E-state index is 6.46. The lowest BCUT2D eigenvalue weighted by Gasteiger charge is -2.16. The third kappa shape index (κ3) is 2.61. The van der Waals surface area contributed by atoms with Crippen LogP contribution in [-0.4, -0.2) is 14.2 Å². The van der Waals surface area contributed by atoms with Crippen LogP contribution >= 0.6 is 0 Å². The van der Waals surface area contributed by atoms with Crippen LogP contribution in [0.2, 0.25) is 0 Å². The molecule has 0 heterocycles. The van der Waals surface area contributed by atoms with Crippen LogP contribution in [0.4, 0.5) is 0 Å². The highest BCUT2D eigenvalue weighted by Gasteiger charge is 2.31. The molecule has 2 aromatic rings. The molecule has 3 nitrogen and oxygen atoms in total. The SMILES string of the molecule is COc1cc2c(cc1OC)C(N)C(Cc1ccccc1)C2. The van der Waals surface area contributed by atoms with Gasteiger partial charge in [-0.25, -0.2) is 0 Å². The van der Waals surface area contributed by atoms with E-state index < -0.39 is 0 Å². The highest BCUT2D eigenvalue weighted by Crippen LogP contribution is 2.42. The molecule has 0 saturated heterocycles. The van der Waals surface area contributed by atoms with Gasteiger partial charge in [0.05, 0.1) is 14.2 Å². The van der Waals surface area contributed by atoms with Crippen molar-refractivity contribution in [2.75, 3.05) is 14.2 Å². The summed E-state index contributed by atoms with van der Waals surface area (Å²) in [6.07, 6.45) is 1.99. The van der Waals surface area contributed by atoms with E-state index in [0.717, 1.165) is 24.3 Å². The molecule has 3 rings (SSSR count). The normalized spacial score (nSPS) is 20.1. The van der Waals surface area contributed by atoms with E-state index in [0.29, 0.717) is 5.92 Å². The van der Waals surface area contributed by atoms with Gasteiger partial charge in [-0.2, -0.15) is 0 Å². The minimum absolute atomic E-state index is 0.0556. The van der Waals surface area contributed by atoms with Gasteiger partial charge in [-0.05, 0) is 47.6 Å². The van der Waals surface area contributed by atoms with Crippen LogP contribution in [0.15, 0.2) is 42.5 Å². The second-order valence-electron chi connectivity index (χ2n) is 5.59. The molecule has 2 N–H and O–H groups in total. The van der Waals surface area contributed by atoms with Gasteiger partial charge in [0.2, 0.25) is 0 Å². The smallest absolute Gasteiger partial charge is 0.161 e. The first kappa shape index (κ1) is 14.0. The number of ether oxygens (including phenoxy) is 2. The fourth-order valence-corrected chi connectivity index (χ4v) is 3.20. The molecule has 0 spiro atoms. The Morgan fingerprint density at radius 2 is 1.71 bits per heavy atom. The van der Waals surface area contributed by atoms with E-state index >= 15 is 0 Å². The summed E-state index contributed by atoms with van der Waals surface area (Å²) in [5.41, 5.74) is 10.3. The van der Waals surface area contributed by atoms with Gasteiger partial charge in [-0.15, -0.1) is 0 Å². The first-order valence-corrected chi connectivity index (χ1v) is 7.27. The number of benzene rings is 2. The molecular weight excluding hydrogens is 262 g/mol. The highest BCUT2D eigenvalue weighted by molar-refractivity contribution is 5.50. The van der Waals surface area contributed by atoms with Crippen molar-refractivity contribution in [3.63, 3.8) is 0 Å². The Hall–Kier alpha value is -2.00. The Labute approximate surface area is 125 Å². The van der Waals surface area contributed by atoms with Crippen LogP contribution in [0.1, 0.15) is 22.7 Å². The van der Waals surface area contributed by atoms with Gasteiger partial charge in [0, 0.05) is 6.04 Å². The first-order valence-electron chi connectivity index (χ1n) is 7.27. The molecule has 0 aliphatic heterocycles. The Morgan fingerprint density at radius 1 is 1.05 bits per heavy atom. The minimum Gasteiger partial charge on any atom is -0.493 e. The third-order valence-corrected chi connectivity index (χ3v) is 4.34. The van der Waals surface area contributed by atoms with Crippen LogP contribution < -0.4 is 15.2 Å². The molecule has 0 bridgehead atoms. The van der Waals surface area contributed by atoms with E-state index in [2.05, 4.69) is 30.3 Å². The van der Waals surface area contributed by atoms with Crippen LogP contribution in [0, 0.1) is 5.92 Å². The zero-order chi connectivity index (χ0) is 14.8. The standard InChI is InChI=1S/C18H21NO2/c1-20-16-10-13-9-14(8-12-6-4-3-5-7-12)18(19)15(13)11-17(16)21-2/h3-7,10-11,14,18H,8-9,19H2,1-2H3. The van der Waals surface area contributed by atoms with Gasteiger partial charge in [0.25, 0.3) is 0 Å². The van der Waals surface area contributed by atoms with Gasteiger partial charge >= 0.3 is 0 Å². The van der Waals surface area contributed by atoms with Crippen LogP contribution in [0.3, 0.4) is 0 Å². The van der Waals surface area contributed by atoms with Crippen molar-refractivity contribution >= 4 is 0 Å². The van der Waals surface area contributed by atoms with E-state index in [1.165, 1.54) is 16.7 Å². The van der Waals surface area contributed by atoms with Gasteiger partial charge in [-0.3, -0.25) is 0 Å². The van der Waals surface area contributed by atoms with Gasteiger partial charge in [0.1, 0.15) is 0 Å². The predicted octanol–water partition coefficient (Wildman–Crippen LogP) is 3.12. The lowest BCUT2D eigenvalue weighted by molar-refractivity contribution is 0.354. The molecule has 3 heteroatoms. The van der Waals surface area contributed by atoms with E-state index in [9.17, 15) is 0 Å². The Bertz CT molecular complexity index is 625. The number of methoxy groups -OCH3 is 2. The Morgan fingerprint density at radius 3 is 2.38 bits per heavy atom. The molecule has 2 aromatic carbocycles. The van der Waals surface area contributed by atoms with Crippen molar-refractivity contribution in [3.8, 4) is 11.5 Å². The number of hydrogen-bond donors (Lipinski definition) is 1. The summed E-state index contributed by atoms with van der Waals surface area (Å²) < 4.78 is 10.8. The summed E-state index contributed by atoms with van der Waals surface area (Å²) in [4.78, 5) is 0. The quantitative estimate of drug-likeness (QED) is 0.937. The summed E-state index contributed by atoms with van der Waals surface area (Å²) in [5, 5.41) is 0. The van der Waals surface area contributed by atoms with Gasteiger partial charge in [0.15, 0.2) is 11.5 Å². The van der Waals surface area contributed by atoms with Crippen LogP contribution in [0.25, 0.3) is 0 Å². The Balaban J connectivity index is 1.86. The van der Waals surface area contributed by atoms with Gasteiger partial charge in [-0.1, -0.05) is 30.3 Å². The summed E-state index contributed by atoms with van der Waals surface area (Å²) in [6.45, 7) is 0. The van der Waals surface area contributed by atoms with Crippen molar-refractivity contribution in [1.29, 1.82) is 0 Å². The summed E-state index contributed by atoms with van der Waals surface area (Å²) in [5.74, 6) is 1.97. The monoisotopic (exact) mass is 283 g/mol. The average Bonchev–Trinajstić information content (AvgIpc) is 2.82. The maximum absolute atomic E-state index is 6.46. The van der Waals surface area contributed by atoms with E-state index in [1.54, 1.807) is 14.2 Å². The van der Waals surface area contributed by atoms with Gasteiger partial charge < -0.3 is 15.2 Å². The van der Waals surface area contributed by atoms with E-state index in [4.69, 9.17) is 15.2 Å². The lowest BCUT2D eigenvalue weighted by Crippen LogP contribution is -2.18. The van der Waals surface area contributed by atoms with Crippen LogP contribution in [-0.2, 0) is 12.8 Å². The predicted molar refractivity (Wildman–Crippen MR) is 83.8 cm³/mol. The third-order valence-electron chi connectivity index (χ3n) is 4.34. The molecular formula is C18H21NO2. The van der Waals surface area contributed by atoms with Crippen molar-refractivity contribution in [3.05, 3.63) is 59.2 Å². The van der Waals surface area contributed by atoms with Crippen LogP contribution in [0.5, 0.6) is 11.5 Å². The van der Waals surface area contributed by atoms with Crippen molar-refractivity contribution in [2.24, 2.45) is 11.7 Å². The maximum Gasteiger partial charge on any atom is 0.161 e. The summed E-state index contributed by atoms with van der Waals surface area (Å²) in [6, 6.07) is 14.7. The molecule has 2 atom stereocenters. The molecule has 1 aliphatic carbocycles. The van der Waals surface area contributed by atoms with Crippen molar-refractivity contribution < 1.29 is 9.47 Å². The molecule has 0 saturated carbocycles. The second kappa shape index (κ2) is 5.78. The zero-order valence-corrected chi connectivity index (χ0v) is 12.5. The summed E-state index contributed by atoms with van der Waals surface area (Å²) in [7, 11) is 3.33. The average molecular weight is 283 g/mol. The fraction of sp³-hybridized carbons (Fsp3) is 0.333. The molecule has 21 heavy (non-hydrogen) atoms. The van der Waals surface area contributed by atoms with Crippen molar-refractivity contribution in [2.45, 2.75) is 18.9 Å². The zero-order valence-electron chi connectivity index (χ0n) is 12.5. The molecule has 2 unspecified atom stereocenters. The highest BCUT2D eigenvalue weighted by atomic mass is 16.5.